The topological polar surface area (TPSA) is 18.5 Å². The summed E-state index contributed by atoms with van der Waals surface area (Å²) in [6, 6.07) is 12.5. The maximum Gasteiger partial charge on any atom is 0.186 e. The summed E-state index contributed by atoms with van der Waals surface area (Å²) in [5.41, 5.74) is 1.49. The first kappa shape index (κ1) is 31.0. The van der Waals surface area contributed by atoms with Crippen molar-refractivity contribution in [3.63, 3.8) is 0 Å². The van der Waals surface area contributed by atoms with E-state index in [9.17, 15) is 8.78 Å². The minimum absolute atomic E-state index is 0.0216. The minimum atomic E-state index is -1.02. The SMILES string of the molecule is CC=CCCC1COC(c2ccc(-c3ccc(-c4ccc(CCCCCCCC)c(F)c4F)cc3)c(F)c2F)OC1. The van der Waals surface area contributed by atoms with Gasteiger partial charge in [-0.05, 0) is 49.3 Å². The molecule has 0 radical (unpaired) electrons. The Bertz CT molecular complexity index is 1290. The Labute approximate surface area is 241 Å². The summed E-state index contributed by atoms with van der Waals surface area (Å²) in [4.78, 5) is 0. The van der Waals surface area contributed by atoms with Crippen molar-refractivity contribution in [2.75, 3.05) is 13.2 Å². The predicted molar refractivity (Wildman–Crippen MR) is 156 cm³/mol. The molecule has 41 heavy (non-hydrogen) atoms. The normalized spacial score (nSPS) is 17.4. The molecule has 0 aliphatic carbocycles. The van der Waals surface area contributed by atoms with Crippen molar-refractivity contribution in [2.24, 2.45) is 5.92 Å². The second-order valence-corrected chi connectivity index (χ2v) is 10.8. The number of unbranched alkanes of at least 4 members (excludes halogenated alkanes) is 5. The van der Waals surface area contributed by atoms with Gasteiger partial charge >= 0.3 is 0 Å². The highest BCUT2D eigenvalue weighted by molar-refractivity contribution is 5.71. The highest BCUT2D eigenvalue weighted by Gasteiger charge is 2.28. The maximum atomic E-state index is 15.2. The lowest BCUT2D eigenvalue weighted by molar-refractivity contribution is -0.207. The van der Waals surface area contributed by atoms with E-state index in [0.717, 1.165) is 32.1 Å². The van der Waals surface area contributed by atoms with Crippen LogP contribution in [0, 0.1) is 29.2 Å². The molecule has 0 atom stereocenters. The third-order valence-electron chi connectivity index (χ3n) is 7.78. The fourth-order valence-corrected chi connectivity index (χ4v) is 5.29. The second-order valence-electron chi connectivity index (χ2n) is 10.8. The molecule has 0 saturated carbocycles. The standard InChI is InChI=1S/C35H40F4O2/c1-3-5-7-8-9-11-13-27-18-19-28(32(37)31(27)36)25-14-16-26(17-15-25)29-20-21-30(34(39)33(29)38)35-40-22-24(23-41-35)12-10-6-4-2/h4,6,14-21,24,35H,3,5,7-13,22-23H2,1-2H3. The number of ether oxygens (including phenoxy) is 2. The lowest BCUT2D eigenvalue weighted by Gasteiger charge is -2.29. The Morgan fingerprint density at radius 1 is 0.707 bits per heavy atom. The van der Waals surface area contributed by atoms with Crippen molar-refractivity contribution in [2.45, 2.75) is 77.9 Å². The summed E-state index contributed by atoms with van der Waals surface area (Å²) >= 11 is 0. The van der Waals surface area contributed by atoms with E-state index in [0.29, 0.717) is 36.3 Å². The quantitative estimate of drug-likeness (QED) is 0.116. The molecule has 0 amide bonds. The van der Waals surface area contributed by atoms with Crippen molar-refractivity contribution in [3.8, 4) is 22.3 Å². The van der Waals surface area contributed by atoms with Crippen LogP contribution < -0.4 is 0 Å². The number of hydrogen-bond acceptors (Lipinski definition) is 2. The Morgan fingerprint density at radius 2 is 1.29 bits per heavy atom. The van der Waals surface area contributed by atoms with E-state index in [2.05, 4.69) is 13.0 Å². The zero-order valence-electron chi connectivity index (χ0n) is 24.0. The molecule has 0 unspecified atom stereocenters. The molecule has 3 aromatic rings. The second kappa shape index (κ2) is 15.3. The number of allylic oxidation sites excluding steroid dienone is 2. The molecule has 1 heterocycles. The molecule has 4 rings (SSSR count). The molecule has 2 nitrogen and oxygen atoms in total. The predicted octanol–water partition coefficient (Wildman–Crippen LogP) is 10.5. The summed E-state index contributed by atoms with van der Waals surface area (Å²) in [5.74, 6) is -3.52. The largest absolute Gasteiger partial charge is 0.348 e. The van der Waals surface area contributed by atoms with Gasteiger partial charge in [-0.2, -0.15) is 0 Å². The Balaban J connectivity index is 1.41. The molecule has 220 valence electrons. The molecule has 3 aromatic carbocycles. The summed E-state index contributed by atoms with van der Waals surface area (Å²) in [7, 11) is 0. The molecule has 6 heteroatoms. The lowest BCUT2D eigenvalue weighted by atomic mass is 9.96. The van der Waals surface area contributed by atoms with E-state index < -0.39 is 29.6 Å². The first-order valence-electron chi connectivity index (χ1n) is 14.8. The van der Waals surface area contributed by atoms with Gasteiger partial charge in [0.05, 0.1) is 13.2 Å². The molecule has 1 saturated heterocycles. The number of halogens is 4. The van der Waals surface area contributed by atoms with Crippen LogP contribution in [0.25, 0.3) is 22.3 Å². The van der Waals surface area contributed by atoms with Crippen molar-refractivity contribution >= 4 is 0 Å². The zero-order valence-corrected chi connectivity index (χ0v) is 24.0. The molecule has 0 N–H and O–H groups in total. The average molecular weight is 569 g/mol. The van der Waals surface area contributed by atoms with Gasteiger partial charge in [0.15, 0.2) is 29.6 Å². The van der Waals surface area contributed by atoms with Gasteiger partial charge in [-0.15, -0.1) is 0 Å². The summed E-state index contributed by atoms with van der Waals surface area (Å²) in [5, 5.41) is 0. The van der Waals surface area contributed by atoms with Crippen molar-refractivity contribution in [3.05, 3.63) is 95.1 Å². The maximum absolute atomic E-state index is 15.2. The average Bonchev–Trinajstić information content (AvgIpc) is 2.99. The number of rotatable bonds is 13. The molecule has 0 bridgehead atoms. The minimum Gasteiger partial charge on any atom is -0.348 e. The van der Waals surface area contributed by atoms with E-state index in [-0.39, 0.29) is 22.6 Å². The van der Waals surface area contributed by atoms with Gasteiger partial charge in [0, 0.05) is 22.6 Å². The van der Waals surface area contributed by atoms with E-state index in [1.807, 2.05) is 13.0 Å². The Kier molecular flexibility index (Phi) is 11.6. The van der Waals surface area contributed by atoms with Crippen LogP contribution in [0.1, 0.15) is 82.6 Å². The van der Waals surface area contributed by atoms with E-state index in [4.69, 9.17) is 9.47 Å². The van der Waals surface area contributed by atoms with Gasteiger partial charge < -0.3 is 9.47 Å². The molecule has 1 aliphatic rings. The third kappa shape index (κ3) is 7.87. The highest BCUT2D eigenvalue weighted by atomic mass is 19.2. The van der Waals surface area contributed by atoms with Crippen LogP contribution in [-0.2, 0) is 15.9 Å². The smallest absolute Gasteiger partial charge is 0.186 e. The first-order valence-corrected chi connectivity index (χ1v) is 14.8. The molecule has 1 fully saturated rings. The van der Waals surface area contributed by atoms with Crippen LogP contribution in [0.15, 0.2) is 60.7 Å². The van der Waals surface area contributed by atoms with Gasteiger partial charge in [0.2, 0.25) is 0 Å². The van der Waals surface area contributed by atoms with E-state index >= 15 is 8.78 Å². The number of benzene rings is 3. The molecular weight excluding hydrogens is 528 g/mol. The van der Waals surface area contributed by atoms with Crippen molar-refractivity contribution in [1.29, 1.82) is 0 Å². The van der Waals surface area contributed by atoms with Gasteiger partial charge in [-0.25, -0.2) is 17.6 Å². The van der Waals surface area contributed by atoms with Gasteiger partial charge in [0.25, 0.3) is 0 Å². The molecular formula is C35H40F4O2. The van der Waals surface area contributed by atoms with Crippen LogP contribution >= 0.6 is 0 Å². The first-order chi connectivity index (χ1) is 19.9. The van der Waals surface area contributed by atoms with E-state index in [1.165, 1.54) is 31.4 Å². The number of hydrogen-bond donors (Lipinski definition) is 0. The molecule has 1 aliphatic heterocycles. The lowest BCUT2D eigenvalue weighted by Crippen LogP contribution is -2.27. The summed E-state index contributed by atoms with van der Waals surface area (Å²) < 4.78 is 71.4. The molecule has 0 aromatic heterocycles. The zero-order chi connectivity index (χ0) is 29.2. The van der Waals surface area contributed by atoms with Crippen LogP contribution in [0.5, 0.6) is 0 Å². The Morgan fingerprint density at radius 3 is 1.93 bits per heavy atom. The third-order valence-corrected chi connectivity index (χ3v) is 7.78. The monoisotopic (exact) mass is 568 g/mol. The van der Waals surface area contributed by atoms with Crippen molar-refractivity contribution in [1.82, 2.24) is 0 Å². The van der Waals surface area contributed by atoms with Gasteiger partial charge in [-0.3, -0.25) is 0 Å². The van der Waals surface area contributed by atoms with Gasteiger partial charge in [-0.1, -0.05) is 99.7 Å². The fraction of sp³-hybridized carbons (Fsp3) is 0.429. The molecule has 0 spiro atoms. The number of aryl methyl sites for hydroxylation is 1. The van der Waals surface area contributed by atoms with E-state index in [1.54, 1.807) is 36.4 Å². The van der Waals surface area contributed by atoms with Crippen LogP contribution in [0.3, 0.4) is 0 Å². The van der Waals surface area contributed by atoms with Crippen LogP contribution in [0.2, 0.25) is 0 Å². The fourth-order valence-electron chi connectivity index (χ4n) is 5.29. The van der Waals surface area contributed by atoms with Gasteiger partial charge in [0.1, 0.15) is 0 Å². The summed E-state index contributed by atoms with van der Waals surface area (Å²) in [6.45, 7) is 4.97. The summed E-state index contributed by atoms with van der Waals surface area (Å²) in [6.07, 6.45) is 11.9. The Hall–Kier alpha value is -2.96. The van der Waals surface area contributed by atoms with Crippen LogP contribution in [-0.4, -0.2) is 13.2 Å². The van der Waals surface area contributed by atoms with Crippen molar-refractivity contribution < 1.29 is 27.0 Å². The van der Waals surface area contributed by atoms with Crippen LogP contribution in [0.4, 0.5) is 17.6 Å². The highest BCUT2D eigenvalue weighted by Crippen LogP contribution is 2.35.